The normalized spacial score (nSPS) is 15.9. The molecule has 1 nitrogen and oxygen atoms in total. The molecule has 1 saturated carbocycles. The Morgan fingerprint density at radius 3 is 2.40 bits per heavy atom. The van der Waals surface area contributed by atoms with Crippen molar-refractivity contribution in [3.63, 3.8) is 0 Å². The van der Waals surface area contributed by atoms with Gasteiger partial charge in [-0.1, -0.05) is 35.3 Å². The van der Waals surface area contributed by atoms with Crippen LogP contribution in [0.1, 0.15) is 24.4 Å². The van der Waals surface area contributed by atoms with Gasteiger partial charge in [-0.05, 0) is 54.7 Å². The molecule has 2 aromatic rings. The Hall–Kier alpha value is -1.25. The topological polar surface area (TPSA) is 12.0 Å². The SMILES string of the molecule is Fc1ccc(C(Nc2cc(Cl)ccc2Cl)C2CC2)cc1. The minimum atomic E-state index is -0.218. The first-order valence-electron chi connectivity index (χ1n) is 6.60. The third-order valence-electron chi connectivity index (χ3n) is 3.56. The van der Waals surface area contributed by atoms with Crippen LogP contribution in [0.15, 0.2) is 42.5 Å². The number of benzene rings is 2. The minimum absolute atomic E-state index is 0.145. The zero-order valence-corrected chi connectivity index (χ0v) is 12.3. The van der Waals surface area contributed by atoms with Crippen molar-refractivity contribution in [3.05, 3.63) is 63.9 Å². The summed E-state index contributed by atoms with van der Waals surface area (Å²) < 4.78 is 13.1. The van der Waals surface area contributed by atoms with Gasteiger partial charge in [0.05, 0.1) is 16.8 Å². The van der Waals surface area contributed by atoms with Crippen LogP contribution in [0.2, 0.25) is 10.0 Å². The zero-order chi connectivity index (χ0) is 14.1. The molecular weight excluding hydrogens is 296 g/mol. The third-order valence-corrected chi connectivity index (χ3v) is 4.13. The second-order valence-corrected chi connectivity index (χ2v) is 5.98. The van der Waals surface area contributed by atoms with E-state index < -0.39 is 0 Å². The predicted molar refractivity (Wildman–Crippen MR) is 81.9 cm³/mol. The van der Waals surface area contributed by atoms with Gasteiger partial charge in [-0.25, -0.2) is 4.39 Å². The van der Waals surface area contributed by atoms with Gasteiger partial charge in [0.25, 0.3) is 0 Å². The second kappa shape index (κ2) is 5.63. The fourth-order valence-corrected chi connectivity index (χ4v) is 2.69. The lowest BCUT2D eigenvalue weighted by Crippen LogP contribution is -2.13. The Balaban J connectivity index is 1.88. The molecule has 2 aromatic carbocycles. The molecule has 1 atom stereocenters. The molecule has 0 saturated heterocycles. The molecule has 0 aliphatic heterocycles. The van der Waals surface area contributed by atoms with E-state index in [9.17, 15) is 4.39 Å². The van der Waals surface area contributed by atoms with Crippen molar-refractivity contribution in [2.24, 2.45) is 5.92 Å². The summed E-state index contributed by atoms with van der Waals surface area (Å²) in [6, 6.07) is 12.1. The number of halogens is 3. The first-order chi connectivity index (χ1) is 9.63. The van der Waals surface area contributed by atoms with Crippen LogP contribution in [-0.2, 0) is 0 Å². The monoisotopic (exact) mass is 309 g/mol. The van der Waals surface area contributed by atoms with E-state index in [1.807, 2.05) is 18.2 Å². The molecule has 0 amide bonds. The lowest BCUT2D eigenvalue weighted by atomic mass is 10.0. The van der Waals surface area contributed by atoms with E-state index in [0.29, 0.717) is 16.0 Å². The molecule has 0 spiro atoms. The maximum atomic E-state index is 13.1. The van der Waals surface area contributed by atoms with Crippen LogP contribution in [-0.4, -0.2) is 0 Å². The van der Waals surface area contributed by atoms with Crippen molar-refractivity contribution in [1.82, 2.24) is 0 Å². The highest BCUT2D eigenvalue weighted by Gasteiger charge is 2.32. The van der Waals surface area contributed by atoms with E-state index in [4.69, 9.17) is 23.2 Å². The molecule has 0 radical (unpaired) electrons. The van der Waals surface area contributed by atoms with Crippen molar-refractivity contribution in [2.75, 3.05) is 5.32 Å². The van der Waals surface area contributed by atoms with E-state index in [1.54, 1.807) is 12.1 Å². The maximum Gasteiger partial charge on any atom is 0.123 e. The van der Waals surface area contributed by atoms with Crippen molar-refractivity contribution in [1.29, 1.82) is 0 Å². The Morgan fingerprint density at radius 2 is 1.75 bits per heavy atom. The molecule has 20 heavy (non-hydrogen) atoms. The summed E-state index contributed by atoms with van der Waals surface area (Å²) in [5, 5.41) is 4.73. The summed E-state index contributed by atoms with van der Waals surface area (Å²) in [4.78, 5) is 0. The number of anilines is 1. The van der Waals surface area contributed by atoms with Gasteiger partial charge in [0.2, 0.25) is 0 Å². The molecule has 0 aromatic heterocycles. The van der Waals surface area contributed by atoms with Gasteiger partial charge in [-0.15, -0.1) is 0 Å². The first kappa shape index (κ1) is 13.7. The molecular formula is C16H14Cl2FN. The fraction of sp³-hybridized carbons (Fsp3) is 0.250. The van der Waals surface area contributed by atoms with Gasteiger partial charge in [0.15, 0.2) is 0 Å². The van der Waals surface area contributed by atoms with Crippen molar-refractivity contribution >= 4 is 28.9 Å². The number of nitrogens with one attached hydrogen (secondary N) is 1. The quantitative estimate of drug-likeness (QED) is 0.764. The third kappa shape index (κ3) is 3.08. The van der Waals surface area contributed by atoms with Gasteiger partial charge in [-0.3, -0.25) is 0 Å². The first-order valence-corrected chi connectivity index (χ1v) is 7.36. The molecule has 1 aliphatic rings. The number of rotatable bonds is 4. The lowest BCUT2D eigenvalue weighted by molar-refractivity contribution is 0.622. The predicted octanol–water partition coefficient (Wildman–Crippen LogP) is 5.70. The maximum absolute atomic E-state index is 13.1. The highest BCUT2D eigenvalue weighted by Crippen LogP contribution is 2.43. The van der Waals surface area contributed by atoms with E-state index in [-0.39, 0.29) is 11.9 Å². The molecule has 1 aliphatic carbocycles. The van der Waals surface area contributed by atoms with Gasteiger partial charge < -0.3 is 5.32 Å². The van der Waals surface area contributed by atoms with Crippen LogP contribution in [0.5, 0.6) is 0 Å². The lowest BCUT2D eigenvalue weighted by Gasteiger charge is -2.21. The minimum Gasteiger partial charge on any atom is -0.377 e. The highest BCUT2D eigenvalue weighted by molar-refractivity contribution is 6.35. The number of hydrogen-bond donors (Lipinski definition) is 1. The highest BCUT2D eigenvalue weighted by atomic mass is 35.5. The van der Waals surface area contributed by atoms with Crippen molar-refractivity contribution in [3.8, 4) is 0 Å². The Bertz CT molecular complexity index is 608. The van der Waals surface area contributed by atoms with Crippen LogP contribution in [0.3, 0.4) is 0 Å². The molecule has 0 bridgehead atoms. The Labute approximate surface area is 127 Å². The molecule has 1 unspecified atom stereocenters. The summed E-state index contributed by atoms with van der Waals surface area (Å²) in [6.45, 7) is 0. The van der Waals surface area contributed by atoms with Gasteiger partial charge in [-0.2, -0.15) is 0 Å². The van der Waals surface area contributed by atoms with Gasteiger partial charge >= 0.3 is 0 Å². The van der Waals surface area contributed by atoms with Crippen LogP contribution in [0.4, 0.5) is 10.1 Å². The standard InChI is InChI=1S/C16H14Cl2FN/c17-12-5-8-14(18)15(9-12)20-16(10-1-2-10)11-3-6-13(19)7-4-11/h3-10,16,20H,1-2H2. The van der Waals surface area contributed by atoms with Crippen LogP contribution < -0.4 is 5.32 Å². The smallest absolute Gasteiger partial charge is 0.123 e. The van der Waals surface area contributed by atoms with E-state index in [1.165, 1.54) is 25.0 Å². The Morgan fingerprint density at radius 1 is 1.05 bits per heavy atom. The van der Waals surface area contributed by atoms with E-state index in [2.05, 4.69) is 5.32 Å². The van der Waals surface area contributed by atoms with Crippen molar-refractivity contribution in [2.45, 2.75) is 18.9 Å². The molecule has 4 heteroatoms. The Kier molecular flexibility index (Phi) is 3.86. The summed E-state index contributed by atoms with van der Waals surface area (Å²) in [6.07, 6.45) is 2.35. The second-order valence-electron chi connectivity index (χ2n) is 5.14. The fourth-order valence-electron chi connectivity index (χ4n) is 2.35. The van der Waals surface area contributed by atoms with Crippen LogP contribution in [0, 0.1) is 11.7 Å². The van der Waals surface area contributed by atoms with Gasteiger partial charge in [0.1, 0.15) is 5.82 Å². The van der Waals surface area contributed by atoms with Crippen LogP contribution in [0.25, 0.3) is 0 Å². The molecule has 1 N–H and O–H groups in total. The molecule has 3 rings (SSSR count). The largest absolute Gasteiger partial charge is 0.377 e. The summed E-state index contributed by atoms with van der Waals surface area (Å²) in [7, 11) is 0. The van der Waals surface area contributed by atoms with E-state index in [0.717, 1.165) is 11.3 Å². The average molecular weight is 310 g/mol. The average Bonchev–Trinajstić information content (AvgIpc) is 3.25. The zero-order valence-electron chi connectivity index (χ0n) is 10.7. The summed E-state index contributed by atoms with van der Waals surface area (Å²) in [5.74, 6) is 0.347. The molecule has 1 fully saturated rings. The van der Waals surface area contributed by atoms with Crippen LogP contribution >= 0.6 is 23.2 Å². The van der Waals surface area contributed by atoms with Gasteiger partial charge in [0, 0.05) is 5.02 Å². The summed E-state index contributed by atoms with van der Waals surface area (Å²) in [5.41, 5.74) is 1.89. The molecule has 0 heterocycles. The van der Waals surface area contributed by atoms with Crippen molar-refractivity contribution < 1.29 is 4.39 Å². The molecule has 104 valence electrons. The summed E-state index contributed by atoms with van der Waals surface area (Å²) >= 11 is 12.2. The number of hydrogen-bond acceptors (Lipinski definition) is 1. The van der Waals surface area contributed by atoms with E-state index >= 15 is 0 Å².